The monoisotopic (exact) mass is 346 g/mol. The van der Waals surface area contributed by atoms with Crippen LogP contribution in [0, 0.1) is 0 Å². The molecule has 0 aliphatic carbocycles. The highest BCUT2D eigenvalue weighted by molar-refractivity contribution is 6.06. The summed E-state index contributed by atoms with van der Waals surface area (Å²) in [5.74, 6) is -0.428. The second-order valence-electron chi connectivity index (χ2n) is 5.65. The summed E-state index contributed by atoms with van der Waals surface area (Å²) < 4.78 is 5.25. The van der Waals surface area contributed by atoms with Crippen LogP contribution in [-0.2, 0) is 4.79 Å². The van der Waals surface area contributed by atoms with Crippen LogP contribution >= 0.6 is 0 Å². The first-order chi connectivity index (χ1) is 12.6. The van der Waals surface area contributed by atoms with Crippen LogP contribution in [0.4, 0.5) is 5.69 Å². The summed E-state index contributed by atoms with van der Waals surface area (Å²) in [5, 5.41) is 2.93. The highest BCUT2D eigenvalue weighted by Gasteiger charge is 2.11. The topological polar surface area (TPSA) is 81.4 Å². The van der Waals surface area contributed by atoms with E-state index in [4.69, 9.17) is 10.5 Å². The Kier molecular flexibility index (Phi) is 5.29. The van der Waals surface area contributed by atoms with Gasteiger partial charge in [-0.1, -0.05) is 54.6 Å². The van der Waals surface area contributed by atoms with E-state index in [-0.39, 0.29) is 12.5 Å². The number of amides is 2. The molecule has 3 aromatic rings. The molecule has 5 nitrogen and oxygen atoms in total. The maximum atomic E-state index is 12.6. The summed E-state index contributed by atoms with van der Waals surface area (Å²) in [6.07, 6.45) is 0. The minimum absolute atomic E-state index is 0.234. The number of primary amides is 1. The van der Waals surface area contributed by atoms with Crippen molar-refractivity contribution in [2.24, 2.45) is 5.73 Å². The molecule has 2 amide bonds. The van der Waals surface area contributed by atoms with Crippen LogP contribution in [-0.4, -0.2) is 18.4 Å². The largest absolute Gasteiger partial charge is 0.484 e. The van der Waals surface area contributed by atoms with Gasteiger partial charge < -0.3 is 15.8 Å². The van der Waals surface area contributed by atoms with E-state index >= 15 is 0 Å². The Labute approximate surface area is 151 Å². The number of hydrogen-bond acceptors (Lipinski definition) is 3. The highest BCUT2D eigenvalue weighted by atomic mass is 16.5. The maximum Gasteiger partial charge on any atom is 0.255 e. The van der Waals surface area contributed by atoms with Gasteiger partial charge in [-0.05, 0) is 29.8 Å². The van der Waals surface area contributed by atoms with Gasteiger partial charge in [-0.25, -0.2) is 0 Å². The van der Waals surface area contributed by atoms with E-state index in [0.29, 0.717) is 17.0 Å². The van der Waals surface area contributed by atoms with E-state index in [1.54, 1.807) is 24.3 Å². The third kappa shape index (κ3) is 4.27. The third-order valence-electron chi connectivity index (χ3n) is 3.74. The first-order valence-electron chi connectivity index (χ1n) is 8.10. The molecular formula is C21H18N2O3. The van der Waals surface area contributed by atoms with E-state index in [1.807, 2.05) is 54.6 Å². The van der Waals surface area contributed by atoms with Gasteiger partial charge in [0.1, 0.15) is 5.75 Å². The first-order valence-corrected chi connectivity index (χ1v) is 8.10. The molecule has 0 aliphatic rings. The summed E-state index contributed by atoms with van der Waals surface area (Å²) in [5.41, 5.74) is 8.16. The number of nitrogens with two attached hydrogens (primary N) is 1. The Bertz CT molecular complexity index is 923. The molecule has 0 saturated carbocycles. The van der Waals surface area contributed by atoms with Crippen molar-refractivity contribution in [1.82, 2.24) is 0 Å². The zero-order chi connectivity index (χ0) is 18.4. The fraction of sp³-hybridized carbons (Fsp3) is 0.0476. The second kappa shape index (κ2) is 7.98. The number of carbonyl (C=O) groups is 2. The molecule has 0 bridgehead atoms. The van der Waals surface area contributed by atoms with Crippen molar-refractivity contribution in [3.8, 4) is 16.9 Å². The van der Waals surface area contributed by atoms with E-state index < -0.39 is 5.91 Å². The number of hydrogen-bond donors (Lipinski definition) is 2. The Balaban J connectivity index is 1.81. The number of carbonyl (C=O) groups excluding carboxylic acids is 2. The van der Waals surface area contributed by atoms with Gasteiger partial charge in [-0.15, -0.1) is 0 Å². The van der Waals surface area contributed by atoms with Crippen LogP contribution in [0.1, 0.15) is 10.4 Å². The van der Waals surface area contributed by atoms with Gasteiger partial charge in [-0.2, -0.15) is 0 Å². The molecule has 3 aromatic carbocycles. The summed E-state index contributed by atoms with van der Waals surface area (Å²) >= 11 is 0. The van der Waals surface area contributed by atoms with Gasteiger partial charge in [0.15, 0.2) is 6.61 Å². The van der Waals surface area contributed by atoms with Gasteiger partial charge in [0.2, 0.25) is 0 Å². The van der Waals surface area contributed by atoms with Crippen LogP contribution in [0.3, 0.4) is 0 Å². The predicted octanol–water partition coefficient (Wildman–Crippen LogP) is 3.47. The maximum absolute atomic E-state index is 12.6. The molecule has 0 heterocycles. The number of nitrogens with one attached hydrogen (secondary N) is 1. The van der Waals surface area contributed by atoms with Gasteiger partial charge in [0, 0.05) is 16.8 Å². The minimum Gasteiger partial charge on any atom is -0.484 e. The van der Waals surface area contributed by atoms with Crippen LogP contribution in [0.2, 0.25) is 0 Å². The van der Waals surface area contributed by atoms with Crippen LogP contribution in [0.15, 0.2) is 78.9 Å². The SMILES string of the molecule is NC(=O)COc1cccc(C(=O)Nc2ccccc2-c2ccccc2)c1. The molecule has 5 heteroatoms. The zero-order valence-corrected chi connectivity index (χ0v) is 14.0. The van der Waals surface area contributed by atoms with E-state index in [2.05, 4.69) is 5.32 Å². The van der Waals surface area contributed by atoms with Crippen molar-refractivity contribution in [1.29, 1.82) is 0 Å². The lowest BCUT2D eigenvalue weighted by Crippen LogP contribution is -2.20. The Morgan fingerprint density at radius 2 is 1.62 bits per heavy atom. The lowest BCUT2D eigenvalue weighted by atomic mass is 10.0. The van der Waals surface area contributed by atoms with Gasteiger partial charge in [0.05, 0.1) is 0 Å². The average Bonchev–Trinajstić information content (AvgIpc) is 2.68. The normalized spacial score (nSPS) is 10.2. The number of rotatable bonds is 6. The number of para-hydroxylation sites is 1. The molecule has 0 radical (unpaired) electrons. The summed E-state index contributed by atoms with van der Waals surface area (Å²) in [6, 6.07) is 24.0. The fourth-order valence-electron chi connectivity index (χ4n) is 2.54. The molecule has 26 heavy (non-hydrogen) atoms. The Morgan fingerprint density at radius 3 is 2.38 bits per heavy atom. The van der Waals surface area contributed by atoms with Gasteiger partial charge in [-0.3, -0.25) is 9.59 Å². The molecule has 0 atom stereocenters. The third-order valence-corrected chi connectivity index (χ3v) is 3.74. The predicted molar refractivity (Wildman–Crippen MR) is 101 cm³/mol. The number of anilines is 1. The van der Waals surface area contributed by atoms with Crippen molar-refractivity contribution < 1.29 is 14.3 Å². The smallest absolute Gasteiger partial charge is 0.255 e. The van der Waals surface area contributed by atoms with Crippen molar-refractivity contribution in [2.75, 3.05) is 11.9 Å². The molecule has 3 N–H and O–H groups in total. The number of benzene rings is 3. The molecule has 0 fully saturated rings. The van der Waals surface area contributed by atoms with Crippen LogP contribution in [0.5, 0.6) is 5.75 Å². The van der Waals surface area contributed by atoms with Crippen molar-refractivity contribution >= 4 is 17.5 Å². The Morgan fingerprint density at radius 1 is 0.885 bits per heavy atom. The molecule has 0 saturated heterocycles. The summed E-state index contributed by atoms with van der Waals surface area (Å²) in [6.45, 7) is -0.234. The van der Waals surface area contributed by atoms with Gasteiger partial charge in [0.25, 0.3) is 11.8 Å². The average molecular weight is 346 g/mol. The van der Waals surface area contributed by atoms with Gasteiger partial charge >= 0.3 is 0 Å². The molecule has 0 spiro atoms. The van der Waals surface area contributed by atoms with E-state index in [0.717, 1.165) is 11.1 Å². The Hall–Kier alpha value is -3.60. The van der Waals surface area contributed by atoms with Crippen molar-refractivity contribution in [3.63, 3.8) is 0 Å². The highest BCUT2D eigenvalue weighted by Crippen LogP contribution is 2.28. The molecule has 3 rings (SSSR count). The summed E-state index contributed by atoms with van der Waals surface area (Å²) in [7, 11) is 0. The van der Waals surface area contributed by atoms with Crippen molar-refractivity contribution in [2.45, 2.75) is 0 Å². The lowest BCUT2D eigenvalue weighted by Gasteiger charge is -2.12. The molecule has 0 aromatic heterocycles. The van der Waals surface area contributed by atoms with Crippen LogP contribution in [0.25, 0.3) is 11.1 Å². The fourth-order valence-corrected chi connectivity index (χ4v) is 2.54. The second-order valence-corrected chi connectivity index (χ2v) is 5.65. The molecular weight excluding hydrogens is 328 g/mol. The van der Waals surface area contributed by atoms with Crippen molar-refractivity contribution in [3.05, 3.63) is 84.4 Å². The molecule has 130 valence electrons. The minimum atomic E-state index is -0.573. The lowest BCUT2D eigenvalue weighted by molar-refractivity contribution is -0.119. The van der Waals surface area contributed by atoms with E-state index in [9.17, 15) is 9.59 Å². The van der Waals surface area contributed by atoms with Crippen LogP contribution < -0.4 is 15.8 Å². The number of ether oxygens (including phenoxy) is 1. The van der Waals surface area contributed by atoms with E-state index in [1.165, 1.54) is 0 Å². The molecule has 0 unspecified atom stereocenters. The molecule has 0 aliphatic heterocycles. The zero-order valence-electron chi connectivity index (χ0n) is 14.0. The summed E-state index contributed by atoms with van der Waals surface area (Å²) in [4.78, 5) is 23.5. The first kappa shape index (κ1) is 17.2. The quantitative estimate of drug-likeness (QED) is 0.717. The standard InChI is InChI=1S/C21H18N2O3/c22-20(24)14-26-17-10-6-9-16(13-17)21(25)23-19-12-5-4-11-18(19)15-7-2-1-3-8-15/h1-13H,14H2,(H2,22,24)(H,23,25).